The number of carbonyl (C=O) groups excluding carboxylic acids is 1. The molecule has 0 spiro atoms. The van der Waals surface area contributed by atoms with Crippen molar-refractivity contribution >= 4 is 18.3 Å². The maximum absolute atomic E-state index is 12.0. The van der Waals surface area contributed by atoms with Crippen LogP contribution in [0.3, 0.4) is 0 Å². The Balaban J connectivity index is 0.00000200. The van der Waals surface area contributed by atoms with Crippen LogP contribution in [0, 0.1) is 5.92 Å². The normalized spacial score (nSPS) is 28.7. The van der Waals surface area contributed by atoms with E-state index in [2.05, 4.69) is 22.5 Å². The Kier molecular flexibility index (Phi) is 7.85. The standard InChI is InChI=1S/C15H29N3O.ClH/c1-12-3-5-14(6-4-12)17-15(19)11-18-9-7-13(16-2)8-10-18;/h12-14,16H,3-11H2,1-2H3,(H,17,19);1H. The fourth-order valence-corrected chi connectivity index (χ4v) is 3.26. The van der Waals surface area contributed by atoms with E-state index in [1.807, 2.05) is 7.05 Å². The largest absolute Gasteiger partial charge is 0.352 e. The summed E-state index contributed by atoms with van der Waals surface area (Å²) in [6, 6.07) is 1.07. The predicted molar refractivity (Wildman–Crippen MR) is 85.3 cm³/mol. The molecule has 1 saturated heterocycles. The summed E-state index contributed by atoms with van der Waals surface area (Å²) in [5.74, 6) is 1.07. The number of carbonyl (C=O) groups is 1. The predicted octanol–water partition coefficient (Wildman–Crippen LogP) is 1.79. The molecule has 118 valence electrons. The first-order valence-corrected chi connectivity index (χ1v) is 7.86. The van der Waals surface area contributed by atoms with Gasteiger partial charge in [0.2, 0.25) is 5.91 Å². The van der Waals surface area contributed by atoms with Crippen molar-refractivity contribution in [2.45, 2.75) is 57.5 Å². The van der Waals surface area contributed by atoms with Crippen LogP contribution < -0.4 is 10.6 Å². The molecular weight excluding hydrogens is 274 g/mol. The van der Waals surface area contributed by atoms with Crippen LogP contribution in [-0.4, -0.2) is 49.6 Å². The van der Waals surface area contributed by atoms with Gasteiger partial charge in [0, 0.05) is 25.2 Å². The van der Waals surface area contributed by atoms with E-state index in [1.54, 1.807) is 0 Å². The molecule has 2 rings (SSSR count). The molecule has 5 heteroatoms. The molecule has 0 bridgehead atoms. The van der Waals surface area contributed by atoms with Crippen molar-refractivity contribution in [1.82, 2.24) is 15.5 Å². The first-order chi connectivity index (χ1) is 9.17. The van der Waals surface area contributed by atoms with Crippen LogP contribution in [0.1, 0.15) is 45.4 Å². The Hall–Kier alpha value is -0.320. The van der Waals surface area contributed by atoms with Crippen molar-refractivity contribution < 1.29 is 4.79 Å². The van der Waals surface area contributed by atoms with Gasteiger partial charge in [-0.05, 0) is 51.5 Å². The average Bonchev–Trinajstić information content (AvgIpc) is 2.42. The monoisotopic (exact) mass is 303 g/mol. The molecule has 0 atom stereocenters. The molecule has 0 aromatic heterocycles. The van der Waals surface area contributed by atoms with Crippen molar-refractivity contribution in [3.8, 4) is 0 Å². The molecule has 2 aliphatic rings. The lowest BCUT2D eigenvalue weighted by Gasteiger charge is -2.32. The Bertz CT molecular complexity index is 285. The summed E-state index contributed by atoms with van der Waals surface area (Å²) in [5, 5.41) is 6.54. The summed E-state index contributed by atoms with van der Waals surface area (Å²) in [6.07, 6.45) is 7.16. The van der Waals surface area contributed by atoms with E-state index >= 15 is 0 Å². The highest BCUT2D eigenvalue weighted by Gasteiger charge is 2.22. The highest BCUT2D eigenvalue weighted by molar-refractivity contribution is 5.85. The molecule has 1 heterocycles. The van der Waals surface area contributed by atoms with Gasteiger partial charge in [-0.1, -0.05) is 6.92 Å². The van der Waals surface area contributed by atoms with Crippen molar-refractivity contribution in [3.63, 3.8) is 0 Å². The van der Waals surface area contributed by atoms with Gasteiger partial charge < -0.3 is 10.6 Å². The summed E-state index contributed by atoms with van der Waals surface area (Å²) in [6.45, 7) is 4.98. The average molecular weight is 304 g/mol. The molecule has 0 unspecified atom stereocenters. The van der Waals surface area contributed by atoms with Gasteiger partial charge in [-0.2, -0.15) is 0 Å². The highest BCUT2D eigenvalue weighted by atomic mass is 35.5. The second kappa shape index (κ2) is 8.85. The zero-order valence-corrected chi connectivity index (χ0v) is 13.7. The van der Waals surface area contributed by atoms with E-state index in [4.69, 9.17) is 0 Å². The first kappa shape index (κ1) is 17.7. The Labute approximate surface area is 129 Å². The summed E-state index contributed by atoms with van der Waals surface area (Å²) >= 11 is 0. The van der Waals surface area contributed by atoms with Gasteiger partial charge in [-0.3, -0.25) is 9.69 Å². The van der Waals surface area contributed by atoms with Gasteiger partial charge in [-0.25, -0.2) is 0 Å². The zero-order valence-electron chi connectivity index (χ0n) is 12.9. The number of rotatable bonds is 4. The zero-order chi connectivity index (χ0) is 13.7. The second-order valence-electron chi connectivity index (χ2n) is 6.36. The smallest absolute Gasteiger partial charge is 0.234 e. The van der Waals surface area contributed by atoms with Crippen LogP contribution in [0.5, 0.6) is 0 Å². The lowest BCUT2D eigenvalue weighted by molar-refractivity contribution is -0.123. The van der Waals surface area contributed by atoms with E-state index in [-0.39, 0.29) is 18.3 Å². The number of hydrogen-bond acceptors (Lipinski definition) is 3. The maximum Gasteiger partial charge on any atom is 0.234 e. The van der Waals surface area contributed by atoms with Crippen LogP contribution >= 0.6 is 12.4 Å². The Morgan fingerprint density at radius 2 is 1.65 bits per heavy atom. The second-order valence-corrected chi connectivity index (χ2v) is 6.36. The summed E-state index contributed by atoms with van der Waals surface area (Å²) in [5.41, 5.74) is 0. The van der Waals surface area contributed by atoms with E-state index in [9.17, 15) is 4.79 Å². The van der Waals surface area contributed by atoms with E-state index in [0.717, 1.165) is 44.7 Å². The number of nitrogens with one attached hydrogen (secondary N) is 2. The first-order valence-electron chi connectivity index (χ1n) is 7.86. The van der Waals surface area contributed by atoms with E-state index in [1.165, 1.54) is 12.8 Å². The molecule has 1 amide bonds. The van der Waals surface area contributed by atoms with Crippen molar-refractivity contribution in [3.05, 3.63) is 0 Å². The molecule has 1 aliphatic carbocycles. The maximum atomic E-state index is 12.0. The molecule has 0 aromatic rings. The van der Waals surface area contributed by atoms with Crippen LogP contribution in [0.4, 0.5) is 0 Å². The SMILES string of the molecule is CNC1CCN(CC(=O)NC2CCC(C)CC2)CC1.Cl. The molecule has 1 saturated carbocycles. The van der Waals surface area contributed by atoms with Gasteiger partial charge in [0.15, 0.2) is 0 Å². The molecule has 0 aromatic carbocycles. The fraction of sp³-hybridized carbons (Fsp3) is 0.933. The third-order valence-corrected chi connectivity index (χ3v) is 4.74. The Morgan fingerprint density at radius 1 is 1.05 bits per heavy atom. The van der Waals surface area contributed by atoms with Gasteiger partial charge in [-0.15, -0.1) is 12.4 Å². The minimum absolute atomic E-state index is 0. The quantitative estimate of drug-likeness (QED) is 0.832. The molecule has 0 radical (unpaired) electrons. The number of halogens is 1. The summed E-state index contributed by atoms with van der Waals surface area (Å²) < 4.78 is 0. The van der Waals surface area contributed by atoms with Crippen molar-refractivity contribution in [1.29, 1.82) is 0 Å². The third-order valence-electron chi connectivity index (χ3n) is 4.74. The molecule has 4 nitrogen and oxygen atoms in total. The summed E-state index contributed by atoms with van der Waals surface area (Å²) in [4.78, 5) is 14.3. The van der Waals surface area contributed by atoms with E-state index < -0.39 is 0 Å². The number of piperidine rings is 1. The lowest BCUT2D eigenvalue weighted by Crippen LogP contribution is -2.47. The lowest BCUT2D eigenvalue weighted by atomic mass is 9.87. The molecule has 20 heavy (non-hydrogen) atoms. The molecule has 2 fully saturated rings. The molecule has 2 N–H and O–H groups in total. The van der Waals surface area contributed by atoms with Crippen LogP contribution in [0.15, 0.2) is 0 Å². The van der Waals surface area contributed by atoms with Crippen molar-refractivity contribution in [2.75, 3.05) is 26.7 Å². The highest BCUT2D eigenvalue weighted by Crippen LogP contribution is 2.23. The van der Waals surface area contributed by atoms with Crippen molar-refractivity contribution in [2.24, 2.45) is 5.92 Å². The number of nitrogens with zero attached hydrogens (tertiary/aromatic N) is 1. The Morgan fingerprint density at radius 3 is 2.20 bits per heavy atom. The number of amides is 1. The molecule has 1 aliphatic heterocycles. The van der Waals surface area contributed by atoms with Gasteiger partial charge in [0.25, 0.3) is 0 Å². The fourth-order valence-electron chi connectivity index (χ4n) is 3.26. The number of likely N-dealkylation sites (tertiary alicyclic amines) is 1. The van der Waals surface area contributed by atoms with Gasteiger partial charge in [0.1, 0.15) is 0 Å². The minimum Gasteiger partial charge on any atom is -0.352 e. The summed E-state index contributed by atoms with van der Waals surface area (Å²) in [7, 11) is 2.02. The van der Waals surface area contributed by atoms with Crippen LogP contribution in [0.2, 0.25) is 0 Å². The van der Waals surface area contributed by atoms with Gasteiger partial charge in [0.05, 0.1) is 6.54 Å². The van der Waals surface area contributed by atoms with Gasteiger partial charge >= 0.3 is 0 Å². The third kappa shape index (κ3) is 5.58. The van der Waals surface area contributed by atoms with Crippen LogP contribution in [0.25, 0.3) is 0 Å². The topological polar surface area (TPSA) is 44.4 Å². The van der Waals surface area contributed by atoms with E-state index in [0.29, 0.717) is 18.6 Å². The number of hydrogen-bond donors (Lipinski definition) is 2. The minimum atomic E-state index is 0. The van der Waals surface area contributed by atoms with Crippen LogP contribution in [-0.2, 0) is 4.79 Å². The molecular formula is C15H30ClN3O.